The number of carbonyl (C=O) groups excluding carboxylic acids is 2. The van der Waals surface area contributed by atoms with Gasteiger partial charge in [0.25, 0.3) is 0 Å². The average molecular weight is 417 g/mol. The molecule has 3 amide bonds. The van der Waals surface area contributed by atoms with E-state index in [1.807, 2.05) is 39.0 Å². The molecular formula is C19H23N5O4S. The number of ether oxygens (including phenoxy) is 2. The molecular weight excluding hydrogens is 394 g/mol. The minimum Gasteiger partial charge on any atom is -0.454 e. The molecule has 2 aromatic rings. The molecule has 4 rings (SSSR count). The highest BCUT2D eigenvalue weighted by molar-refractivity contribution is 7.18. The summed E-state index contributed by atoms with van der Waals surface area (Å²) in [5, 5.41) is 15.0. The zero-order valence-electron chi connectivity index (χ0n) is 16.5. The predicted octanol–water partition coefficient (Wildman–Crippen LogP) is 2.84. The van der Waals surface area contributed by atoms with Crippen LogP contribution < -0.4 is 20.1 Å². The van der Waals surface area contributed by atoms with Crippen molar-refractivity contribution in [3.8, 4) is 22.1 Å². The summed E-state index contributed by atoms with van der Waals surface area (Å²) < 4.78 is 10.7. The first-order valence-corrected chi connectivity index (χ1v) is 10.2. The molecule has 0 radical (unpaired) electrons. The molecule has 2 aliphatic rings. The van der Waals surface area contributed by atoms with Crippen LogP contribution in [0.5, 0.6) is 11.5 Å². The monoisotopic (exact) mass is 417 g/mol. The van der Waals surface area contributed by atoms with Crippen molar-refractivity contribution in [3.63, 3.8) is 0 Å². The van der Waals surface area contributed by atoms with E-state index in [2.05, 4.69) is 20.8 Å². The fourth-order valence-corrected chi connectivity index (χ4v) is 4.03. The van der Waals surface area contributed by atoms with Gasteiger partial charge in [-0.25, -0.2) is 4.79 Å². The fraction of sp³-hybridized carbons (Fsp3) is 0.474. The number of urea groups is 1. The molecule has 1 atom stereocenters. The van der Waals surface area contributed by atoms with Crippen LogP contribution in [0.25, 0.3) is 10.6 Å². The zero-order chi connectivity index (χ0) is 20.6. The Balaban J connectivity index is 1.43. The van der Waals surface area contributed by atoms with E-state index < -0.39 is 6.04 Å². The molecule has 1 fully saturated rings. The lowest BCUT2D eigenvalue weighted by Gasteiger charge is -2.28. The van der Waals surface area contributed by atoms with Crippen LogP contribution in [-0.2, 0) is 4.79 Å². The van der Waals surface area contributed by atoms with E-state index in [0.717, 1.165) is 12.0 Å². The van der Waals surface area contributed by atoms with Gasteiger partial charge in [0, 0.05) is 17.6 Å². The van der Waals surface area contributed by atoms with Gasteiger partial charge in [-0.05, 0) is 51.8 Å². The molecule has 10 heteroatoms. The van der Waals surface area contributed by atoms with Gasteiger partial charge in [-0.2, -0.15) is 0 Å². The van der Waals surface area contributed by atoms with Crippen LogP contribution in [0.3, 0.4) is 0 Å². The minimum atomic E-state index is -0.518. The lowest BCUT2D eigenvalue weighted by molar-refractivity contribution is -0.119. The van der Waals surface area contributed by atoms with Crippen molar-refractivity contribution in [1.29, 1.82) is 0 Å². The third-order valence-electron chi connectivity index (χ3n) is 4.57. The Bertz CT molecular complexity index is 939. The first kappa shape index (κ1) is 19.4. The Morgan fingerprint density at radius 2 is 2.00 bits per heavy atom. The minimum absolute atomic E-state index is 0.205. The molecule has 1 aromatic heterocycles. The van der Waals surface area contributed by atoms with Crippen molar-refractivity contribution in [1.82, 2.24) is 20.4 Å². The Hall–Kier alpha value is -2.88. The highest BCUT2D eigenvalue weighted by Gasteiger charge is 2.35. The van der Waals surface area contributed by atoms with Crippen molar-refractivity contribution in [3.05, 3.63) is 18.2 Å². The Morgan fingerprint density at radius 1 is 1.21 bits per heavy atom. The first-order valence-electron chi connectivity index (χ1n) is 9.43. The van der Waals surface area contributed by atoms with Crippen LogP contribution in [0.1, 0.15) is 33.6 Å². The van der Waals surface area contributed by atoms with Gasteiger partial charge in [-0.15, -0.1) is 10.2 Å². The van der Waals surface area contributed by atoms with E-state index in [1.165, 1.54) is 11.3 Å². The average Bonchev–Trinajstić information content (AvgIpc) is 3.39. The Labute approximate surface area is 172 Å². The lowest BCUT2D eigenvalue weighted by Crippen LogP contribution is -2.52. The van der Waals surface area contributed by atoms with Crippen LogP contribution in [0.15, 0.2) is 18.2 Å². The summed E-state index contributed by atoms with van der Waals surface area (Å²) in [5.41, 5.74) is 0.471. The lowest BCUT2D eigenvalue weighted by atomic mass is 10.1. The second-order valence-electron chi connectivity index (χ2n) is 8.00. The summed E-state index contributed by atoms with van der Waals surface area (Å²) in [5.74, 6) is 1.11. The van der Waals surface area contributed by atoms with Crippen LogP contribution in [-0.4, -0.2) is 52.0 Å². The van der Waals surface area contributed by atoms with Gasteiger partial charge < -0.3 is 19.7 Å². The maximum absolute atomic E-state index is 12.8. The second kappa shape index (κ2) is 7.51. The number of fused-ring (bicyclic) bond motifs is 1. The topological polar surface area (TPSA) is 106 Å². The number of nitrogens with one attached hydrogen (secondary N) is 2. The van der Waals surface area contributed by atoms with Crippen molar-refractivity contribution >= 4 is 28.4 Å². The predicted molar refractivity (Wildman–Crippen MR) is 108 cm³/mol. The molecule has 0 bridgehead atoms. The summed E-state index contributed by atoms with van der Waals surface area (Å²) in [6.07, 6.45) is 1.41. The molecule has 1 saturated heterocycles. The van der Waals surface area contributed by atoms with Gasteiger partial charge in [0.05, 0.1) is 0 Å². The van der Waals surface area contributed by atoms with Crippen molar-refractivity contribution < 1.29 is 19.1 Å². The van der Waals surface area contributed by atoms with Gasteiger partial charge in [0.1, 0.15) is 11.0 Å². The van der Waals surface area contributed by atoms with E-state index in [-0.39, 0.29) is 24.3 Å². The number of hydrogen-bond acceptors (Lipinski definition) is 7. The number of benzene rings is 1. The normalized spacial score (nSPS) is 18.0. The van der Waals surface area contributed by atoms with E-state index in [1.54, 1.807) is 4.90 Å². The van der Waals surface area contributed by atoms with E-state index in [9.17, 15) is 9.59 Å². The standard InChI is InChI=1S/C19H23N5O4S/c1-19(2,3)21-18(26)24-8-4-5-12(24)15(25)20-17-23-22-16(29-17)11-6-7-13-14(9-11)28-10-27-13/h6-7,9,12H,4-5,8,10H2,1-3H3,(H,21,26)(H,20,23,25)/t12-/m1/s1. The summed E-state index contributed by atoms with van der Waals surface area (Å²) in [6.45, 7) is 6.49. The number of carbonyl (C=O) groups is 2. The quantitative estimate of drug-likeness (QED) is 0.796. The third kappa shape index (κ3) is 4.26. The molecule has 0 saturated carbocycles. The summed E-state index contributed by atoms with van der Waals surface area (Å²) >= 11 is 1.27. The summed E-state index contributed by atoms with van der Waals surface area (Å²) in [6, 6.07) is 4.78. The molecule has 0 spiro atoms. The van der Waals surface area contributed by atoms with Crippen molar-refractivity contribution in [2.45, 2.75) is 45.2 Å². The number of hydrogen-bond donors (Lipinski definition) is 2. The molecule has 1 aromatic carbocycles. The Morgan fingerprint density at radius 3 is 2.79 bits per heavy atom. The molecule has 3 heterocycles. The molecule has 0 unspecified atom stereocenters. The largest absolute Gasteiger partial charge is 0.454 e. The molecule has 0 aliphatic carbocycles. The van der Waals surface area contributed by atoms with Crippen molar-refractivity contribution in [2.24, 2.45) is 0 Å². The molecule has 2 aliphatic heterocycles. The van der Waals surface area contributed by atoms with E-state index in [0.29, 0.717) is 34.6 Å². The van der Waals surface area contributed by atoms with Crippen LogP contribution >= 0.6 is 11.3 Å². The van der Waals surface area contributed by atoms with Gasteiger partial charge in [0.2, 0.25) is 17.8 Å². The van der Waals surface area contributed by atoms with Gasteiger partial charge in [-0.1, -0.05) is 11.3 Å². The highest BCUT2D eigenvalue weighted by Crippen LogP contribution is 2.37. The van der Waals surface area contributed by atoms with Gasteiger partial charge in [0.15, 0.2) is 11.5 Å². The number of nitrogens with zero attached hydrogens (tertiary/aromatic N) is 3. The zero-order valence-corrected chi connectivity index (χ0v) is 17.3. The Kier molecular flexibility index (Phi) is 5.03. The van der Waals surface area contributed by atoms with E-state index in [4.69, 9.17) is 9.47 Å². The maximum Gasteiger partial charge on any atom is 0.318 e. The molecule has 29 heavy (non-hydrogen) atoms. The highest BCUT2D eigenvalue weighted by atomic mass is 32.1. The smallest absolute Gasteiger partial charge is 0.318 e. The SMILES string of the molecule is CC(C)(C)NC(=O)N1CCC[C@@H]1C(=O)Nc1nnc(-c2ccc3c(c2)OCO3)s1. The van der Waals surface area contributed by atoms with Crippen molar-refractivity contribution in [2.75, 3.05) is 18.7 Å². The van der Waals surface area contributed by atoms with E-state index >= 15 is 0 Å². The van der Waals surface area contributed by atoms with Crippen LogP contribution in [0, 0.1) is 0 Å². The van der Waals surface area contributed by atoms with Crippen LogP contribution in [0.4, 0.5) is 9.93 Å². The second-order valence-corrected chi connectivity index (χ2v) is 8.98. The van der Waals surface area contributed by atoms with Gasteiger partial charge in [-0.3, -0.25) is 10.1 Å². The molecule has 9 nitrogen and oxygen atoms in total. The van der Waals surface area contributed by atoms with Crippen LogP contribution in [0.2, 0.25) is 0 Å². The number of rotatable bonds is 3. The maximum atomic E-state index is 12.8. The van der Waals surface area contributed by atoms with Gasteiger partial charge >= 0.3 is 6.03 Å². The number of likely N-dealkylation sites (tertiary alicyclic amines) is 1. The molecule has 2 N–H and O–H groups in total. The summed E-state index contributed by atoms with van der Waals surface area (Å²) in [7, 11) is 0. The third-order valence-corrected chi connectivity index (χ3v) is 5.46. The number of amides is 3. The molecule has 154 valence electrons. The summed E-state index contributed by atoms with van der Waals surface area (Å²) in [4.78, 5) is 26.8. The number of aromatic nitrogens is 2. The first-order chi connectivity index (χ1) is 13.8. The fourth-order valence-electron chi connectivity index (χ4n) is 3.28. The number of anilines is 1.